The van der Waals surface area contributed by atoms with E-state index in [-0.39, 0.29) is 5.60 Å². The molecule has 2 fully saturated rings. The van der Waals surface area contributed by atoms with Gasteiger partial charge >= 0.3 is 0 Å². The molecule has 1 nitrogen and oxygen atoms in total. The maximum atomic E-state index is 6.12. The van der Waals surface area contributed by atoms with Gasteiger partial charge < -0.3 is 4.74 Å². The fraction of sp³-hybridized carbons (Fsp3) is 0.556. The van der Waals surface area contributed by atoms with Crippen LogP contribution in [0.3, 0.4) is 0 Å². The summed E-state index contributed by atoms with van der Waals surface area (Å²) in [5.74, 6) is 7.33. The van der Waals surface area contributed by atoms with Crippen LogP contribution in [-0.4, -0.2) is 12.2 Å². The van der Waals surface area contributed by atoms with Gasteiger partial charge in [-0.1, -0.05) is 30.0 Å². The lowest BCUT2D eigenvalue weighted by Gasteiger charge is -2.42. The van der Waals surface area contributed by atoms with Crippen molar-refractivity contribution in [3.63, 3.8) is 0 Å². The average Bonchev–Trinajstić information content (AvgIpc) is 2.47. The van der Waals surface area contributed by atoms with Gasteiger partial charge in [0, 0.05) is 18.1 Å². The first kappa shape index (κ1) is 12.8. The maximum absolute atomic E-state index is 6.12. The van der Waals surface area contributed by atoms with Crippen LogP contribution in [0.2, 0.25) is 0 Å². The van der Waals surface area contributed by atoms with Crippen LogP contribution in [0, 0.1) is 17.8 Å². The van der Waals surface area contributed by atoms with Crippen LogP contribution in [-0.2, 0) is 4.74 Å². The number of rotatable bonds is 0. The van der Waals surface area contributed by atoms with E-state index < -0.39 is 0 Å². The van der Waals surface area contributed by atoms with Crippen molar-refractivity contribution in [2.24, 2.45) is 5.92 Å². The molecule has 1 saturated heterocycles. The number of ether oxygens (including phenoxy) is 1. The maximum Gasteiger partial charge on any atom is 0.0694 e. The Hall–Kier alpha value is -1.26. The van der Waals surface area contributed by atoms with Gasteiger partial charge in [-0.3, -0.25) is 0 Å². The molecule has 2 aliphatic rings. The largest absolute Gasteiger partial charge is 0.375 e. The van der Waals surface area contributed by atoms with Crippen molar-refractivity contribution in [1.82, 2.24) is 0 Å². The monoisotopic (exact) mass is 254 g/mol. The first-order valence-electron chi connectivity index (χ1n) is 7.57. The third-order valence-corrected chi connectivity index (χ3v) is 4.43. The van der Waals surface area contributed by atoms with Gasteiger partial charge in [-0.25, -0.2) is 0 Å². The zero-order chi connectivity index (χ0) is 13.0. The molecule has 1 aromatic rings. The molecule has 0 aromatic heterocycles. The first-order valence-corrected chi connectivity index (χ1v) is 7.57. The van der Waals surface area contributed by atoms with Gasteiger partial charge in [0.05, 0.1) is 5.60 Å². The van der Waals surface area contributed by atoms with Crippen LogP contribution < -0.4 is 0 Å². The van der Waals surface area contributed by atoms with Crippen molar-refractivity contribution in [1.29, 1.82) is 0 Å². The molecule has 0 amide bonds. The molecular weight excluding hydrogens is 232 g/mol. The molecule has 0 N–H and O–H groups in total. The van der Waals surface area contributed by atoms with Crippen LogP contribution in [0.5, 0.6) is 0 Å². The van der Waals surface area contributed by atoms with Gasteiger partial charge in [0.2, 0.25) is 0 Å². The summed E-state index contributed by atoms with van der Waals surface area (Å²) in [6, 6.07) is 10.3. The second-order valence-electron chi connectivity index (χ2n) is 5.92. The zero-order valence-electron chi connectivity index (χ0n) is 11.5. The minimum atomic E-state index is 0.173. The lowest BCUT2D eigenvalue weighted by atomic mass is 9.74. The molecule has 2 atom stereocenters. The van der Waals surface area contributed by atoms with E-state index in [0.29, 0.717) is 5.92 Å². The van der Waals surface area contributed by atoms with Crippen molar-refractivity contribution in [2.45, 2.75) is 50.5 Å². The van der Waals surface area contributed by atoms with E-state index in [0.717, 1.165) is 18.6 Å². The van der Waals surface area contributed by atoms with E-state index >= 15 is 0 Å². The van der Waals surface area contributed by atoms with Crippen LogP contribution >= 0.6 is 0 Å². The highest BCUT2D eigenvalue weighted by Crippen LogP contribution is 2.40. The molecule has 3 rings (SSSR count). The summed E-state index contributed by atoms with van der Waals surface area (Å²) in [7, 11) is 0. The third kappa shape index (κ3) is 3.19. The summed E-state index contributed by atoms with van der Waals surface area (Å²) in [6.45, 7) is 0.957. The quantitative estimate of drug-likeness (QED) is 0.631. The highest BCUT2D eigenvalue weighted by Gasteiger charge is 2.37. The Morgan fingerprint density at radius 3 is 2.68 bits per heavy atom. The molecule has 19 heavy (non-hydrogen) atoms. The van der Waals surface area contributed by atoms with Gasteiger partial charge in [-0.2, -0.15) is 0 Å². The van der Waals surface area contributed by atoms with Gasteiger partial charge in [-0.15, -0.1) is 0 Å². The van der Waals surface area contributed by atoms with Gasteiger partial charge in [0.25, 0.3) is 0 Å². The topological polar surface area (TPSA) is 9.23 Å². The van der Waals surface area contributed by atoms with Crippen molar-refractivity contribution in [3.05, 3.63) is 35.9 Å². The van der Waals surface area contributed by atoms with E-state index in [1.807, 2.05) is 6.07 Å². The molecule has 0 unspecified atom stereocenters. The Bertz CT molecular complexity index is 454. The second-order valence-corrected chi connectivity index (χ2v) is 5.92. The zero-order valence-corrected chi connectivity index (χ0v) is 11.5. The summed E-state index contributed by atoms with van der Waals surface area (Å²) in [5, 5.41) is 0. The van der Waals surface area contributed by atoms with Gasteiger partial charge in [0.15, 0.2) is 0 Å². The molecule has 100 valence electrons. The van der Waals surface area contributed by atoms with Crippen molar-refractivity contribution in [2.75, 3.05) is 6.61 Å². The van der Waals surface area contributed by atoms with Crippen molar-refractivity contribution in [3.8, 4) is 11.8 Å². The molecule has 1 aliphatic heterocycles. The lowest BCUT2D eigenvalue weighted by Crippen LogP contribution is -2.40. The average molecular weight is 254 g/mol. The van der Waals surface area contributed by atoms with E-state index in [2.05, 4.69) is 36.1 Å². The predicted molar refractivity (Wildman–Crippen MR) is 77.8 cm³/mol. The van der Waals surface area contributed by atoms with Crippen LogP contribution in [0.25, 0.3) is 0 Å². The molecule has 1 aliphatic carbocycles. The summed E-state index contributed by atoms with van der Waals surface area (Å²) in [4.78, 5) is 0. The Morgan fingerprint density at radius 1 is 1.05 bits per heavy atom. The minimum Gasteiger partial charge on any atom is -0.375 e. The number of hydrogen-bond acceptors (Lipinski definition) is 1. The Balaban J connectivity index is 1.67. The minimum absolute atomic E-state index is 0.173. The summed E-state index contributed by atoms with van der Waals surface area (Å²) < 4.78 is 6.12. The Kier molecular flexibility index (Phi) is 3.89. The van der Waals surface area contributed by atoms with E-state index in [1.54, 1.807) is 0 Å². The summed E-state index contributed by atoms with van der Waals surface area (Å²) in [5.41, 5.74) is 1.30. The second kappa shape index (κ2) is 5.80. The summed E-state index contributed by atoms with van der Waals surface area (Å²) in [6.07, 6.45) is 8.72. The molecule has 1 heteroatoms. The van der Waals surface area contributed by atoms with Crippen molar-refractivity contribution < 1.29 is 4.74 Å². The predicted octanol–water partition coefficient (Wildman–Crippen LogP) is 4.17. The van der Waals surface area contributed by atoms with E-state index in [1.165, 1.54) is 38.5 Å². The van der Waals surface area contributed by atoms with Crippen LogP contribution in [0.1, 0.15) is 50.5 Å². The fourth-order valence-corrected chi connectivity index (χ4v) is 3.42. The highest BCUT2D eigenvalue weighted by molar-refractivity contribution is 5.34. The summed E-state index contributed by atoms with van der Waals surface area (Å²) >= 11 is 0. The first-order chi connectivity index (χ1) is 9.36. The SMILES string of the molecule is C(#C[C@H]1CCC[C@@]2(CCCCO2)C1)c1ccccc1. The van der Waals surface area contributed by atoms with E-state index in [4.69, 9.17) is 4.74 Å². The molecule has 1 saturated carbocycles. The molecular formula is C18H22O. The van der Waals surface area contributed by atoms with Crippen LogP contribution in [0.15, 0.2) is 30.3 Å². The standard InChI is InChI=1S/C18H22O/c1-2-7-16(8-3-1)10-11-17-9-6-13-18(15-17)12-4-5-14-19-18/h1-3,7-8,17H,4-6,9,12-15H2/t17-,18+/m1/s1. The molecule has 0 bridgehead atoms. The Labute approximate surface area is 116 Å². The fourth-order valence-electron chi connectivity index (χ4n) is 3.42. The third-order valence-electron chi connectivity index (χ3n) is 4.43. The molecule has 0 radical (unpaired) electrons. The Morgan fingerprint density at radius 2 is 1.89 bits per heavy atom. The molecule has 1 spiro atoms. The van der Waals surface area contributed by atoms with Gasteiger partial charge in [0.1, 0.15) is 0 Å². The highest BCUT2D eigenvalue weighted by atomic mass is 16.5. The molecule has 1 heterocycles. The molecule has 1 aromatic carbocycles. The number of hydrogen-bond donors (Lipinski definition) is 0. The normalized spacial score (nSPS) is 30.6. The lowest BCUT2D eigenvalue weighted by molar-refractivity contribution is -0.106. The van der Waals surface area contributed by atoms with E-state index in [9.17, 15) is 0 Å². The van der Waals surface area contributed by atoms with Crippen LogP contribution in [0.4, 0.5) is 0 Å². The smallest absolute Gasteiger partial charge is 0.0694 e. The number of benzene rings is 1. The van der Waals surface area contributed by atoms with Gasteiger partial charge in [-0.05, 0) is 57.1 Å². The van der Waals surface area contributed by atoms with Crippen molar-refractivity contribution >= 4 is 0 Å².